The Morgan fingerprint density at radius 1 is 1.00 bits per heavy atom. The molecule has 3 aromatic rings. The van der Waals surface area contributed by atoms with E-state index in [1.807, 2.05) is 0 Å². The van der Waals surface area contributed by atoms with Crippen LogP contribution in [-0.4, -0.2) is 16.9 Å². The Morgan fingerprint density at radius 3 is 2.72 bits per heavy atom. The molecule has 2 aliphatic rings. The van der Waals surface area contributed by atoms with Gasteiger partial charge in [-0.2, -0.15) is 0 Å². The number of rotatable bonds is 1. The smallest absolute Gasteiger partial charge is 0.104 e. The molecule has 1 N–H and O–H groups in total. The molecule has 126 valence electrons. The summed E-state index contributed by atoms with van der Waals surface area (Å²) in [7, 11) is 0. The standard InChI is InChI=1S/C22H23N3/c1-15-10-13-22(24-15)25-20-9-5-2-6-16(20)11-12-21(25)18-14-23-19-8-4-3-7-17(18)19/h2-9,14-15,21,23H,10-13H2,1H3. The SMILES string of the molecule is CC1CCC(N2c3ccccc3CCC2c2c[nH]c3ccccc23)=N1. The zero-order valence-electron chi connectivity index (χ0n) is 14.6. The first kappa shape index (κ1) is 14.8. The first-order valence-corrected chi connectivity index (χ1v) is 9.31. The van der Waals surface area contributed by atoms with Gasteiger partial charge < -0.3 is 9.88 Å². The molecule has 0 saturated carbocycles. The molecule has 1 aromatic heterocycles. The summed E-state index contributed by atoms with van der Waals surface area (Å²) < 4.78 is 0. The van der Waals surface area contributed by atoms with Crippen LogP contribution < -0.4 is 4.90 Å². The highest BCUT2D eigenvalue weighted by Gasteiger charge is 2.33. The van der Waals surface area contributed by atoms with Crippen molar-refractivity contribution in [1.82, 2.24) is 4.98 Å². The molecule has 5 rings (SSSR count). The third-order valence-corrected chi connectivity index (χ3v) is 5.66. The van der Waals surface area contributed by atoms with Crippen LogP contribution in [0.15, 0.2) is 59.7 Å². The van der Waals surface area contributed by atoms with Crippen molar-refractivity contribution in [3.63, 3.8) is 0 Å². The second kappa shape index (κ2) is 5.76. The lowest BCUT2D eigenvalue weighted by molar-refractivity contribution is 0.615. The van der Waals surface area contributed by atoms with Crippen LogP contribution in [0.1, 0.15) is 43.4 Å². The maximum Gasteiger partial charge on any atom is 0.104 e. The van der Waals surface area contributed by atoms with Crippen LogP contribution in [0.4, 0.5) is 5.69 Å². The Kier molecular flexibility index (Phi) is 3.40. The molecular weight excluding hydrogens is 306 g/mol. The Labute approximate surface area is 148 Å². The number of fused-ring (bicyclic) bond motifs is 2. The summed E-state index contributed by atoms with van der Waals surface area (Å²) in [5, 5.41) is 1.34. The van der Waals surface area contributed by atoms with E-state index in [1.54, 1.807) is 0 Å². The van der Waals surface area contributed by atoms with Crippen molar-refractivity contribution < 1.29 is 0 Å². The summed E-state index contributed by atoms with van der Waals surface area (Å²) in [6.07, 6.45) is 6.70. The summed E-state index contributed by atoms with van der Waals surface area (Å²) in [6, 6.07) is 18.3. The predicted octanol–water partition coefficient (Wildman–Crippen LogP) is 5.24. The van der Waals surface area contributed by atoms with Gasteiger partial charge in [0.2, 0.25) is 0 Å². The second-order valence-corrected chi connectivity index (χ2v) is 7.28. The summed E-state index contributed by atoms with van der Waals surface area (Å²) in [4.78, 5) is 11.0. The molecular formula is C22H23N3. The molecule has 25 heavy (non-hydrogen) atoms. The monoisotopic (exact) mass is 329 g/mol. The summed E-state index contributed by atoms with van der Waals surface area (Å²) in [5.74, 6) is 1.26. The van der Waals surface area contributed by atoms with Crippen LogP contribution in [0.2, 0.25) is 0 Å². The predicted molar refractivity (Wildman–Crippen MR) is 104 cm³/mol. The maximum atomic E-state index is 4.98. The Hall–Kier alpha value is -2.55. The number of aryl methyl sites for hydroxylation is 1. The van der Waals surface area contributed by atoms with Crippen molar-refractivity contribution >= 4 is 22.4 Å². The molecule has 2 unspecified atom stereocenters. The quantitative estimate of drug-likeness (QED) is 0.650. The molecule has 2 atom stereocenters. The summed E-state index contributed by atoms with van der Waals surface area (Å²) >= 11 is 0. The fraction of sp³-hybridized carbons (Fsp3) is 0.318. The third kappa shape index (κ3) is 2.38. The molecule has 2 aromatic carbocycles. The normalized spacial score (nSPS) is 22.9. The van der Waals surface area contributed by atoms with E-state index in [0.29, 0.717) is 12.1 Å². The highest BCUT2D eigenvalue weighted by Crippen LogP contribution is 2.42. The summed E-state index contributed by atoms with van der Waals surface area (Å²) in [5.41, 5.74) is 5.41. The third-order valence-electron chi connectivity index (χ3n) is 5.66. The minimum absolute atomic E-state index is 0.357. The number of nitrogens with zero attached hydrogens (tertiary/aromatic N) is 2. The molecule has 0 spiro atoms. The van der Waals surface area contributed by atoms with E-state index >= 15 is 0 Å². The zero-order valence-corrected chi connectivity index (χ0v) is 14.6. The molecule has 3 heteroatoms. The first-order valence-electron chi connectivity index (χ1n) is 9.31. The molecule has 0 bridgehead atoms. The van der Waals surface area contributed by atoms with Crippen molar-refractivity contribution in [2.75, 3.05) is 4.90 Å². The van der Waals surface area contributed by atoms with Gasteiger partial charge in [0, 0.05) is 40.8 Å². The van der Waals surface area contributed by atoms with Gasteiger partial charge in [0.05, 0.1) is 6.04 Å². The minimum Gasteiger partial charge on any atom is -0.361 e. The van der Waals surface area contributed by atoms with E-state index < -0.39 is 0 Å². The topological polar surface area (TPSA) is 31.4 Å². The average Bonchev–Trinajstić information content (AvgIpc) is 3.27. The van der Waals surface area contributed by atoms with E-state index in [9.17, 15) is 0 Å². The van der Waals surface area contributed by atoms with Crippen molar-refractivity contribution in [3.05, 3.63) is 65.9 Å². The largest absolute Gasteiger partial charge is 0.361 e. The van der Waals surface area contributed by atoms with Crippen LogP contribution in [-0.2, 0) is 6.42 Å². The number of aliphatic imine (C=N–C) groups is 1. The lowest BCUT2D eigenvalue weighted by Gasteiger charge is -2.39. The number of hydrogen-bond donors (Lipinski definition) is 1. The average molecular weight is 329 g/mol. The van der Waals surface area contributed by atoms with Gasteiger partial charge in [0.15, 0.2) is 0 Å². The lowest BCUT2D eigenvalue weighted by atomic mass is 9.90. The van der Waals surface area contributed by atoms with Gasteiger partial charge in [0.25, 0.3) is 0 Å². The van der Waals surface area contributed by atoms with Crippen LogP contribution in [0.3, 0.4) is 0 Å². The van der Waals surface area contributed by atoms with Gasteiger partial charge in [-0.05, 0) is 43.9 Å². The highest BCUT2D eigenvalue weighted by atomic mass is 15.2. The van der Waals surface area contributed by atoms with Crippen LogP contribution in [0.25, 0.3) is 10.9 Å². The van der Waals surface area contributed by atoms with Crippen LogP contribution in [0.5, 0.6) is 0 Å². The van der Waals surface area contributed by atoms with Gasteiger partial charge in [-0.25, -0.2) is 0 Å². The number of nitrogens with one attached hydrogen (secondary N) is 1. The van der Waals surface area contributed by atoms with E-state index in [0.717, 1.165) is 25.7 Å². The second-order valence-electron chi connectivity index (χ2n) is 7.28. The Morgan fingerprint density at radius 2 is 1.84 bits per heavy atom. The molecule has 0 amide bonds. The Bertz CT molecular complexity index is 953. The number of aromatic amines is 1. The van der Waals surface area contributed by atoms with E-state index in [4.69, 9.17) is 4.99 Å². The van der Waals surface area contributed by atoms with Crippen molar-refractivity contribution in [1.29, 1.82) is 0 Å². The first-order chi connectivity index (χ1) is 12.3. The zero-order chi connectivity index (χ0) is 16.8. The molecule has 0 saturated heterocycles. The molecule has 3 nitrogen and oxygen atoms in total. The summed E-state index contributed by atoms with van der Waals surface area (Å²) in [6.45, 7) is 2.23. The van der Waals surface area contributed by atoms with Crippen molar-refractivity contribution in [2.45, 2.75) is 44.7 Å². The Balaban J connectivity index is 1.67. The maximum absolute atomic E-state index is 4.98. The molecule has 3 heterocycles. The van der Waals surface area contributed by atoms with Gasteiger partial charge >= 0.3 is 0 Å². The van der Waals surface area contributed by atoms with Crippen LogP contribution >= 0.6 is 0 Å². The fourth-order valence-electron chi connectivity index (χ4n) is 4.43. The number of hydrogen-bond acceptors (Lipinski definition) is 2. The number of anilines is 1. The minimum atomic E-state index is 0.357. The van der Waals surface area contributed by atoms with E-state index in [1.165, 1.54) is 33.6 Å². The van der Waals surface area contributed by atoms with Crippen molar-refractivity contribution in [3.8, 4) is 0 Å². The van der Waals surface area contributed by atoms with E-state index in [2.05, 4.69) is 71.5 Å². The number of aromatic nitrogens is 1. The fourth-order valence-corrected chi connectivity index (χ4v) is 4.43. The highest BCUT2D eigenvalue weighted by molar-refractivity contribution is 6.01. The molecule has 0 fully saturated rings. The van der Waals surface area contributed by atoms with Gasteiger partial charge in [0.1, 0.15) is 5.84 Å². The number of para-hydroxylation sites is 2. The van der Waals surface area contributed by atoms with Crippen LogP contribution in [0, 0.1) is 0 Å². The van der Waals surface area contributed by atoms with Gasteiger partial charge in [-0.3, -0.25) is 4.99 Å². The van der Waals surface area contributed by atoms with Gasteiger partial charge in [-0.1, -0.05) is 36.4 Å². The molecule has 0 radical (unpaired) electrons. The van der Waals surface area contributed by atoms with Gasteiger partial charge in [-0.15, -0.1) is 0 Å². The lowest BCUT2D eigenvalue weighted by Crippen LogP contribution is -2.37. The van der Waals surface area contributed by atoms with Crippen molar-refractivity contribution in [2.24, 2.45) is 4.99 Å². The molecule has 2 aliphatic heterocycles. The number of H-pyrrole nitrogens is 1. The van der Waals surface area contributed by atoms with E-state index in [-0.39, 0.29) is 0 Å². The number of benzene rings is 2. The number of amidine groups is 1. The molecule has 0 aliphatic carbocycles.